The molecule has 2 aliphatic rings. The van der Waals surface area contributed by atoms with E-state index < -0.39 is 9.84 Å². The number of fused-ring (bicyclic) bond motifs is 1. The summed E-state index contributed by atoms with van der Waals surface area (Å²) in [7, 11) is -3.95. The highest BCUT2D eigenvalue weighted by Gasteiger charge is 2.33. The number of nitrogens with one attached hydrogen (secondary N) is 1. The monoisotopic (exact) mass is 432 g/mol. The van der Waals surface area contributed by atoms with Crippen molar-refractivity contribution < 1.29 is 22.3 Å². The van der Waals surface area contributed by atoms with Crippen molar-refractivity contribution >= 4 is 27.3 Å². The molecule has 0 unspecified atom stereocenters. The predicted molar refractivity (Wildman–Crippen MR) is 106 cm³/mol. The number of sulfone groups is 1. The summed E-state index contributed by atoms with van der Waals surface area (Å²) in [4.78, 5) is 4.38. The lowest BCUT2D eigenvalue weighted by molar-refractivity contribution is 0.171. The number of aromatic nitrogens is 1. The van der Waals surface area contributed by atoms with Crippen LogP contribution in [0.15, 0.2) is 56.8 Å². The molecule has 1 aliphatic heterocycles. The summed E-state index contributed by atoms with van der Waals surface area (Å²) in [5.41, 5.74) is 0.597. The molecule has 0 saturated heterocycles. The molecule has 2 aromatic carbocycles. The van der Waals surface area contributed by atoms with Crippen LogP contribution in [-0.4, -0.2) is 32.7 Å². The highest BCUT2D eigenvalue weighted by Crippen LogP contribution is 2.38. The lowest BCUT2D eigenvalue weighted by Gasteiger charge is -2.18. The molecule has 3 aromatic rings. The van der Waals surface area contributed by atoms with Crippen molar-refractivity contribution in [2.75, 3.05) is 18.5 Å². The van der Waals surface area contributed by atoms with Gasteiger partial charge in [-0.05, 0) is 43.2 Å². The predicted octanol–water partition coefficient (Wildman–Crippen LogP) is 4.17. The Morgan fingerprint density at radius 3 is 2.59 bits per heavy atom. The molecular weight excluding hydrogens is 416 g/mol. The van der Waals surface area contributed by atoms with Gasteiger partial charge in [0, 0.05) is 22.7 Å². The third kappa shape index (κ3) is 3.54. The zero-order valence-electron chi connectivity index (χ0n) is 15.2. The standard InChI is InChI=1S/C20H17ClN2O5S/c21-13-3-1-2-12(10-13)18-23-20(19(28-18)22-14-4-5-14)29(24,25)15-6-7-16-17(11-15)27-9-8-26-16/h1-3,6-7,10-11,14,22H,4-5,8-9H2. The summed E-state index contributed by atoms with van der Waals surface area (Å²) in [6.45, 7) is 0.800. The Morgan fingerprint density at radius 2 is 1.83 bits per heavy atom. The van der Waals surface area contributed by atoms with Gasteiger partial charge in [0.15, 0.2) is 11.5 Å². The topological polar surface area (TPSA) is 90.7 Å². The van der Waals surface area contributed by atoms with Gasteiger partial charge in [0.2, 0.25) is 26.6 Å². The molecule has 0 spiro atoms. The highest BCUT2D eigenvalue weighted by atomic mass is 35.5. The molecule has 0 radical (unpaired) electrons. The fraction of sp³-hybridized carbons (Fsp3) is 0.250. The van der Waals surface area contributed by atoms with Crippen molar-refractivity contribution in [3.63, 3.8) is 0 Å². The van der Waals surface area contributed by atoms with Gasteiger partial charge in [-0.2, -0.15) is 4.98 Å². The van der Waals surface area contributed by atoms with E-state index in [0.29, 0.717) is 35.3 Å². The second-order valence-electron chi connectivity index (χ2n) is 6.89. The molecule has 1 aliphatic carbocycles. The normalized spacial score (nSPS) is 15.9. The second kappa shape index (κ2) is 6.96. The Morgan fingerprint density at radius 1 is 1.03 bits per heavy atom. The van der Waals surface area contributed by atoms with E-state index in [-0.39, 0.29) is 27.7 Å². The quantitative estimate of drug-likeness (QED) is 0.646. The van der Waals surface area contributed by atoms with Gasteiger partial charge in [0.25, 0.3) is 0 Å². The number of anilines is 1. The van der Waals surface area contributed by atoms with Crippen LogP contribution in [0.2, 0.25) is 5.02 Å². The molecule has 150 valence electrons. The van der Waals surface area contributed by atoms with Crippen molar-refractivity contribution in [3.8, 4) is 23.0 Å². The van der Waals surface area contributed by atoms with Gasteiger partial charge in [0.1, 0.15) is 13.2 Å². The summed E-state index contributed by atoms with van der Waals surface area (Å²) >= 11 is 6.06. The van der Waals surface area contributed by atoms with Crippen molar-refractivity contribution in [1.82, 2.24) is 4.98 Å². The van der Waals surface area contributed by atoms with Crippen LogP contribution in [0, 0.1) is 0 Å². The lowest BCUT2D eigenvalue weighted by Crippen LogP contribution is -2.16. The maximum Gasteiger partial charge on any atom is 0.234 e. The van der Waals surface area contributed by atoms with Crippen LogP contribution in [0.25, 0.3) is 11.5 Å². The van der Waals surface area contributed by atoms with Gasteiger partial charge in [-0.1, -0.05) is 17.7 Å². The number of hydrogen-bond acceptors (Lipinski definition) is 7. The molecule has 2 heterocycles. The van der Waals surface area contributed by atoms with Crippen molar-refractivity contribution in [1.29, 1.82) is 0 Å². The smallest absolute Gasteiger partial charge is 0.234 e. The van der Waals surface area contributed by atoms with E-state index in [0.717, 1.165) is 12.8 Å². The Labute approximate surface area is 172 Å². The van der Waals surface area contributed by atoms with E-state index in [4.69, 9.17) is 25.5 Å². The first kappa shape index (κ1) is 18.3. The van der Waals surface area contributed by atoms with Crippen molar-refractivity contribution in [2.45, 2.75) is 28.8 Å². The summed E-state index contributed by atoms with van der Waals surface area (Å²) in [5.74, 6) is 1.24. The average molecular weight is 433 g/mol. The van der Waals surface area contributed by atoms with Crippen LogP contribution in [0.1, 0.15) is 12.8 Å². The van der Waals surface area contributed by atoms with E-state index in [1.54, 1.807) is 30.3 Å². The number of rotatable bonds is 5. The van der Waals surface area contributed by atoms with Crippen LogP contribution in [-0.2, 0) is 9.84 Å². The number of oxazole rings is 1. The Hall–Kier alpha value is -2.71. The van der Waals surface area contributed by atoms with E-state index in [2.05, 4.69) is 10.3 Å². The number of benzene rings is 2. The highest BCUT2D eigenvalue weighted by molar-refractivity contribution is 7.91. The fourth-order valence-electron chi connectivity index (χ4n) is 3.04. The third-order valence-electron chi connectivity index (χ3n) is 4.66. The first-order valence-corrected chi connectivity index (χ1v) is 11.0. The van der Waals surface area contributed by atoms with Gasteiger partial charge in [-0.3, -0.25) is 0 Å². The molecular formula is C20H17ClN2O5S. The lowest BCUT2D eigenvalue weighted by atomic mass is 10.2. The minimum absolute atomic E-state index is 0.0616. The SMILES string of the molecule is O=S(=O)(c1ccc2c(c1)OCCO2)c1nc(-c2cccc(Cl)c2)oc1NC1CC1. The second-order valence-corrected chi connectivity index (χ2v) is 9.19. The molecule has 1 fully saturated rings. The van der Waals surface area contributed by atoms with Crippen LogP contribution in [0.4, 0.5) is 5.88 Å². The third-order valence-corrected chi connectivity index (χ3v) is 6.55. The summed E-state index contributed by atoms with van der Waals surface area (Å²) in [6, 6.07) is 11.6. The van der Waals surface area contributed by atoms with E-state index in [9.17, 15) is 8.42 Å². The molecule has 1 aromatic heterocycles. The molecule has 1 saturated carbocycles. The van der Waals surface area contributed by atoms with Crippen LogP contribution in [0.3, 0.4) is 0 Å². The van der Waals surface area contributed by atoms with E-state index in [1.165, 1.54) is 12.1 Å². The van der Waals surface area contributed by atoms with E-state index >= 15 is 0 Å². The van der Waals surface area contributed by atoms with Crippen molar-refractivity contribution in [3.05, 3.63) is 47.5 Å². The van der Waals surface area contributed by atoms with Gasteiger partial charge < -0.3 is 19.2 Å². The summed E-state index contributed by atoms with van der Waals surface area (Å²) in [6.07, 6.45) is 1.91. The number of halogens is 1. The molecule has 0 bridgehead atoms. The number of hydrogen-bond donors (Lipinski definition) is 1. The molecule has 5 rings (SSSR count). The maximum absolute atomic E-state index is 13.4. The maximum atomic E-state index is 13.4. The molecule has 29 heavy (non-hydrogen) atoms. The Kier molecular flexibility index (Phi) is 4.40. The molecule has 1 N–H and O–H groups in total. The Bertz CT molecular complexity index is 1190. The number of ether oxygens (including phenoxy) is 2. The fourth-order valence-corrected chi connectivity index (χ4v) is 4.51. The minimum Gasteiger partial charge on any atom is -0.486 e. The largest absolute Gasteiger partial charge is 0.486 e. The first-order chi connectivity index (χ1) is 14.0. The van der Waals surface area contributed by atoms with Crippen LogP contribution >= 0.6 is 11.6 Å². The molecule has 7 nitrogen and oxygen atoms in total. The zero-order valence-corrected chi connectivity index (χ0v) is 16.8. The zero-order chi connectivity index (χ0) is 20.0. The van der Waals surface area contributed by atoms with Crippen molar-refractivity contribution in [2.24, 2.45) is 0 Å². The molecule has 0 atom stereocenters. The van der Waals surface area contributed by atoms with Crippen LogP contribution < -0.4 is 14.8 Å². The van der Waals surface area contributed by atoms with Gasteiger partial charge in [-0.15, -0.1) is 0 Å². The first-order valence-electron chi connectivity index (χ1n) is 9.19. The summed E-state index contributed by atoms with van der Waals surface area (Å²) in [5, 5.41) is 3.48. The van der Waals surface area contributed by atoms with Gasteiger partial charge in [0.05, 0.1) is 4.90 Å². The average Bonchev–Trinajstić information content (AvgIpc) is 3.43. The van der Waals surface area contributed by atoms with Gasteiger partial charge in [-0.25, -0.2) is 8.42 Å². The Balaban J connectivity index is 1.59. The van der Waals surface area contributed by atoms with Gasteiger partial charge >= 0.3 is 0 Å². The number of nitrogens with zero attached hydrogens (tertiary/aromatic N) is 1. The van der Waals surface area contributed by atoms with E-state index in [1.807, 2.05) is 0 Å². The molecule has 9 heteroatoms. The minimum atomic E-state index is -3.95. The molecule has 0 amide bonds. The summed E-state index contributed by atoms with van der Waals surface area (Å²) < 4.78 is 43.5. The van der Waals surface area contributed by atoms with Crippen LogP contribution in [0.5, 0.6) is 11.5 Å².